The Bertz CT molecular complexity index is 1070. The zero-order valence-corrected chi connectivity index (χ0v) is 16.0. The van der Waals surface area contributed by atoms with E-state index in [0.717, 1.165) is 5.46 Å². The third-order valence-electron chi connectivity index (χ3n) is 3.83. The molecule has 1 radical (unpaired) electrons. The highest BCUT2D eigenvalue weighted by atomic mass is 32.2. The monoisotopic (exact) mass is 398 g/mol. The molecule has 0 aliphatic heterocycles. The number of sulfonamides is 1. The van der Waals surface area contributed by atoms with Crippen LogP contribution in [0.4, 0.5) is 11.4 Å². The van der Waals surface area contributed by atoms with Crippen molar-refractivity contribution in [1.29, 1.82) is 0 Å². The van der Waals surface area contributed by atoms with E-state index < -0.39 is 15.9 Å². The lowest BCUT2D eigenvalue weighted by atomic mass is 9.73. The molecule has 0 spiro atoms. The van der Waals surface area contributed by atoms with E-state index in [-0.39, 0.29) is 22.2 Å². The maximum Gasteiger partial charge on any atom is 0.311 e. The van der Waals surface area contributed by atoms with Gasteiger partial charge in [0.1, 0.15) is 24.2 Å². The summed E-state index contributed by atoms with van der Waals surface area (Å²) in [4.78, 5) is 15.7. The second kappa shape index (κ2) is 8.18. The van der Waals surface area contributed by atoms with Crippen LogP contribution in [0.1, 0.15) is 10.7 Å². The molecule has 1 aromatic heterocycles. The Kier molecular flexibility index (Phi) is 5.69. The molecule has 0 saturated heterocycles. The first-order valence-corrected chi connectivity index (χ1v) is 9.72. The predicted molar refractivity (Wildman–Crippen MR) is 106 cm³/mol. The molecule has 0 saturated carbocycles. The highest BCUT2D eigenvalue weighted by Crippen LogP contribution is 2.29. The second-order valence-electron chi connectivity index (χ2n) is 5.67. The van der Waals surface area contributed by atoms with Crippen molar-refractivity contribution >= 4 is 40.0 Å². The van der Waals surface area contributed by atoms with Crippen LogP contribution in [0.5, 0.6) is 5.75 Å². The van der Waals surface area contributed by atoms with Crippen molar-refractivity contribution in [2.45, 2.75) is 11.7 Å². The molecular formula is C18H17BN3O5S. The molecule has 0 atom stereocenters. The highest BCUT2D eigenvalue weighted by molar-refractivity contribution is 7.92. The van der Waals surface area contributed by atoms with Crippen LogP contribution in [0, 0.1) is 0 Å². The minimum atomic E-state index is -3.96. The molecule has 3 rings (SSSR count). The van der Waals surface area contributed by atoms with Crippen molar-refractivity contribution in [2.24, 2.45) is 0 Å². The lowest BCUT2D eigenvalue weighted by Crippen LogP contribution is -2.17. The first-order valence-electron chi connectivity index (χ1n) is 8.24. The lowest BCUT2D eigenvalue weighted by molar-refractivity contribution is 0.0990. The number of rotatable bonds is 7. The molecule has 1 heterocycles. The van der Waals surface area contributed by atoms with E-state index in [1.807, 2.05) is 14.1 Å². The van der Waals surface area contributed by atoms with Crippen molar-refractivity contribution < 1.29 is 22.4 Å². The zero-order chi connectivity index (χ0) is 20.1. The average Bonchev–Trinajstić information content (AvgIpc) is 3.23. The maximum absolute atomic E-state index is 12.9. The van der Waals surface area contributed by atoms with Gasteiger partial charge < -0.3 is 14.5 Å². The lowest BCUT2D eigenvalue weighted by Gasteiger charge is -2.13. The number of amides is 1. The summed E-state index contributed by atoms with van der Waals surface area (Å²) in [5, 5.41) is 2.54. The predicted octanol–water partition coefficient (Wildman–Crippen LogP) is 2.11. The number of nitrogens with zero attached hydrogens (tertiary/aromatic N) is 1. The number of carbonyl (C=O) groups is 1. The van der Waals surface area contributed by atoms with Crippen LogP contribution < -0.4 is 20.2 Å². The fourth-order valence-corrected chi connectivity index (χ4v) is 3.69. The molecule has 28 heavy (non-hydrogen) atoms. The van der Waals surface area contributed by atoms with Crippen molar-refractivity contribution in [3.05, 3.63) is 60.8 Å². The van der Waals surface area contributed by atoms with Gasteiger partial charge in [-0.1, -0.05) is 24.4 Å². The van der Waals surface area contributed by atoms with Gasteiger partial charge in [-0.25, -0.2) is 13.4 Å². The number of ether oxygens (including phenoxy) is 1. The SMILES string of the molecule is C[B]c1ccc(NS(=O)(=O)c2cc(NC(=O)c3ncco3)ccc2OC)cc1. The van der Waals surface area contributed by atoms with Crippen LogP contribution in [0.2, 0.25) is 6.82 Å². The number of aromatic nitrogens is 1. The van der Waals surface area contributed by atoms with Gasteiger partial charge in [-0.3, -0.25) is 9.52 Å². The molecule has 0 fully saturated rings. The maximum atomic E-state index is 12.9. The van der Waals surface area contributed by atoms with E-state index in [1.54, 1.807) is 24.3 Å². The molecule has 143 valence electrons. The van der Waals surface area contributed by atoms with E-state index in [0.29, 0.717) is 5.69 Å². The summed E-state index contributed by atoms with van der Waals surface area (Å²) in [5.41, 5.74) is 1.62. The molecule has 0 aliphatic rings. The van der Waals surface area contributed by atoms with Gasteiger partial charge in [0.2, 0.25) is 0 Å². The minimum Gasteiger partial charge on any atom is -0.495 e. The van der Waals surface area contributed by atoms with Gasteiger partial charge >= 0.3 is 5.91 Å². The number of hydrogen-bond acceptors (Lipinski definition) is 6. The Hall–Kier alpha value is -3.27. The van der Waals surface area contributed by atoms with E-state index >= 15 is 0 Å². The zero-order valence-electron chi connectivity index (χ0n) is 15.2. The summed E-state index contributed by atoms with van der Waals surface area (Å²) in [6, 6.07) is 11.2. The normalized spacial score (nSPS) is 10.9. The molecule has 3 aromatic rings. The van der Waals surface area contributed by atoms with Gasteiger partial charge in [-0.05, 0) is 30.3 Å². The fraction of sp³-hybridized carbons (Fsp3) is 0.111. The molecule has 2 aromatic carbocycles. The van der Waals surface area contributed by atoms with Gasteiger partial charge in [-0.2, -0.15) is 0 Å². The average molecular weight is 398 g/mol. The van der Waals surface area contributed by atoms with Crippen LogP contribution in [-0.4, -0.2) is 33.7 Å². The van der Waals surface area contributed by atoms with E-state index in [9.17, 15) is 13.2 Å². The molecule has 0 bridgehead atoms. The minimum absolute atomic E-state index is 0.119. The molecular weight excluding hydrogens is 381 g/mol. The largest absolute Gasteiger partial charge is 0.495 e. The Balaban J connectivity index is 1.88. The number of benzene rings is 2. The van der Waals surface area contributed by atoms with E-state index in [4.69, 9.17) is 9.15 Å². The smallest absolute Gasteiger partial charge is 0.311 e. The molecule has 0 unspecified atom stereocenters. The molecule has 8 nitrogen and oxygen atoms in total. The number of carbonyl (C=O) groups excluding carboxylic acids is 1. The summed E-state index contributed by atoms with van der Waals surface area (Å²) >= 11 is 0. The van der Waals surface area contributed by atoms with E-state index in [1.165, 1.54) is 37.8 Å². The summed E-state index contributed by atoms with van der Waals surface area (Å²) in [7, 11) is -0.693. The molecule has 2 N–H and O–H groups in total. The summed E-state index contributed by atoms with van der Waals surface area (Å²) in [5.74, 6) is -0.593. The van der Waals surface area contributed by atoms with Gasteiger partial charge in [0.15, 0.2) is 0 Å². The fourth-order valence-electron chi connectivity index (χ4n) is 2.44. The van der Waals surface area contributed by atoms with Crippen molar-refractivity contribution in [2.75, 3.05) is 17.1 Å². The van der Waals surface area contributed by atoms with Crippen LogP contribution >= 0.6 is 0 Å². The van der Waals surface area contributed by atoms with Crippen LogP contribution in [0.3, 0.4) is 0 Å². The number of hydrogen-bond donors (Lipinski definition) is 2. The molecule has 1 amide bonds. The summed E-state index contributed by atoms with van der Waals surface area (Å²) in [6.07, 6.45) is 2.61. The summed E-state index contributed by atoms with van der Waals surface area (Å²) in [6.45, 7) is 1.89. The van der Waals surface area contributed by atoms with Crippen LogP contribution in [0.15, 0.2) is 64.2 Å². The number of oxazole rings is 1. The van der Waals surface area contributed by atoms with E-state index in [2.05, 4.69) is 15.0 Å². The Morgan fingerprint density at radius 2 is 1.86 bits per heavy atom. The van der Waals surface area contributed by atoms with Gasteiger partial charge in [0.05, 0.1) is 13.3 Å². The second-order valence-corrected chi connectivity index (χ2v) is 7.32. The van der Waals surface area contributed by atoms with Gasteiger partial charge in [0, 0.05) is 11.4 Å². The number of methoxy groups -OCH3 is 1. The van der Waals surface area contributed by atoms with Gasteiger partial charge in [0.25, 0.3) is 15.9 Å². The topological polar surface area (TPSA) is 111 Å². The number of nitrogens with one attached hydrogen (secondary N) is 2. The Labute approximate surface area is 163 Å². The van der Waals surface area contributed by atoms with Crippen molar-refractivity contribution in [3.8, 4) is 5.75 Å². The van der Waals surface area contributed by atoms with Gasteiger partial charge in [-0.15, -0.1) is 0 Å². The van der Waals surface area contributed by atoms with Crippen molar-refractivity contribution in [1.82, 2.24) is 4.98 Å². The Morgan fingerprint density at radius 3 is 2.46 bits per heavy atom. The van der Waals surface area contributed by atoms with Crippen LogP contribution in [0.25, 0.3) is 0 Å². The molecule has 10 heteroatoms. The van der Waals surface area contributed by atoms with Crippen LogP contribution in [-0.2, 0) is 10.0 Å². The Morgan fingerprint density at radius 1 is 1.14 bits per heavy atom. The van der Waals surface area contributed by atoms with Crippen molar-refractivity contribution in [3.63, 3.8) is 0 Å². The standard InChI is InChI=1S/C18H17BN3O5S/c1-19-12-3-5-13(6-4-12)22-28(24,25)16-11-14(7-8-15(16)26-2)21-17(23)18-20-9-10-27-18/h3-11,22H,1-2H3,(H,21,23). The first kappa shape index (κ1) is 19.5. The first-order chi connectivity index (χ1) is 13.4. The summed E-state index contributed by atoms with van der Waals surface area (Å²) < 4.78 is 38.3. The third-order valence-corrected chi connectivity index (χ3v) is 5.24. The molecule has 0 aliphatic carbocycles. The number of anilines is 2. The highest BCUT2D eigenvalue weighted by Gasteiger charge is 2.21. The quantitative estimate of drug-likeness (QED) is 0.590. The third kappa shape index (κ3) is 4.34.